The molecule has 1 aromatic heterocycles. The first kappa shape index (κ1) is 17.2. The first-order valence-electron chi connectivity index (χ1n) is 8.31. The van der Waals surface area contributed by atoms with Crippen molar-refractivity contribution in [1.29, 1.82) is 0 Å². The third kappa shape index (κ3) is 5.25. The van der Waals surface area contributed by atoms with Gasteiger partial charge < -0.3 is 15.7 Å². The largest absolute Gasteiger partial charge is 0.396 e. The SMILES string of the molecule is CCc1nc(CNC(=O)NC(CCO)C2CCCCC2)cs1. The Labute approximate surface area is 136 Å². The summed E-state index contributed by atoms with van der Waals surface area (Å²) < 4.78 is 0. The molecule has 2 rings (SSSR count). The Morgan fingerprint density at radius 1 is 1.45 bits per heavy atom. The van der Waals surface area contributed by atoms with Crippen LogP contribution in [0, 0.1) is 5.92 Å². The predicted molar refractivity (Wildman–Crippen MR) is 88.9 cm³/mol. The van der Waals surface area contributed by atoms with E-state index >= 15 is 0 Å². The molecule has 0 bridgehead atoms. The van der Waals surface area contributed by atoms with E-state index in [0.717, 1.165) is 30.0 Å². The van der Waals surface area contributed by atoms with Crippen molar-refractivity contribution in [3.05, 3.63) is 16.1 Å². The summed E-state index contributed by atoms with van der Waals surface area (Å²) in [6, 6.07) is -0.0815. The minimum Gasteiger partial charge on any atom is -0.396 e. The van der Waals surface area contributed by atoms with Crippen LogP contribution >= 0.6 is 11.3 Å². The lowest BCUT2D eigenvalue weighted by Crippen LogP contribution is -2.46. The number of carbonyl (C=O) groups is 1. The fraction of sp³-hybridized carbons (Fsp3) is 0.750. The maximum absolute atomic E-state index is 12.1. The van der Waals surface area contributed by atoms with Gasteiger partial charge in [0.05, 0.1) is 17.2 Å². The van der Waals surface area contributed by atoms with E-state index in [4.69, 9.17) is 0 Å². The molecule has 1 atom stereocenters. The molecular weight excluding hydrogens is 298 g/mol. The standard InChI is InChI=1S/C16H27N3O2S/c1-2-15-18-13(11-22-15)10-17-16(21)19-14(8-9-20)12-6-4-3-5-7-12/h11-12,14,20H,2-10H2,1H3,(H2,17,19,21). The van der Waals surface area contributed by atoms with Crippen LogP contribution in [-0.4, -0.2) is 28.8 Å². The third-order valence-electron chi connectivity index (χ3n) is 4.31. The highest BCUT2D eigenvalue weighted by Crippen LogP contribution is 2.27. The van der Waals surface area contributed by atoms with Gasteiger partial charge in [-0.25, -0.2) is 9.78 Å². The lowest BCUT2D eigenvalue weighted by Gasteiger charge is -2.30. The van der Waals surface area contributed by atoms with Gasteiger partial charge in [-0.15, -0.1) is 11.3 Å². The zero-order valence-corrected chi connectivity index (χ0v) is 14.1. The van der Waals surface area contributed by atoms with E-state index in [-0.39, 0.29) is 18.7 Å². The highest BCUT2D eigenvalue weighted by molar-refractivity contribution is 7.09. The summed E-state index contributed by atoms with van der Waals surface area (Å²) in [6.07, 6.45) is 7.61. The van der Waals surface area contributed by atoms with E-state index in [1.165, 1.54) is 19.3 Å². The number of urea groups is 1. The number of nitrogens with zero attached hydrogens (tertiary/aromatic N) is 1. The van der Waals surface area contributed by atoms with Crippen molar-refractivity contribution in [2.45, 2.75) is 64.5 Å². The molecule has 1 heterocycles. The molecule has 1 aliphatic rings. The summed E-state index contributed by atoms with van der Waals surface area (Å²) in [6.45, 7) is 2.65. The van der Waals surface area contributed by atoms with Gasteiger partial charge in [-0.1, -0.05) is 26.2 Å². The van der Waals surface area contributed by atoms with Crippen LogP contribution < -0.4 is 10.6 Å². The van der Waals surface area contributed by atoms with E-state index < -0.39 is 0 Å². The topological polar surface area (TPSA) is 74.2 Å². The van der Waals surface area contributed by atoms with E-state index in [2.05, 4.69) is 22.5 Å². The number of aliphatic hydroxyl groups excluding tert-OH is 1. The first-order chi connectivity index (χ1) is 10.7. The second-order valence-corrected chi connectivity index (χ2v) is 6.87. The molecule has 6 heteroatoms. The number of thiazole rings is 1. The van der Waals surface area contributed by atoms with Crippen LogP contribution in [0.4, 0.5) is 4.79 Å². The second kappa shape index (κ2) is 9.10. The highest BCUT2D eigenvalue weighted by Gasteiger charge is 2.24. The average molecular weight is 325 g/mol. The minimum atomic E-state index is -0.157. The zero-order valence-electron chi connectivity index (χ0n) is 13.3. The Balaban J connectivity index is 1.79. The molecule has 22 heavy (non-hydrogen) atoms. The van der Waals surface area contributed by atoms with Crippen LogP contribution in [0.5, 0.6) is 0 Å². The van der Waals surface area contributed by atoms with Gasteiger partial charge >= 0.3 is 6.03 Å². The van der Waals surface area contributed by atoms with Crippen molar-refractivity contribution >= 4 is 17.4 Å². The number of hydrogen-bond acceptors (Lipinski definition) is 4. The quantitative estimate of drug-likeness (QED) is 0.721. The fourth-order valence-corrected chi connectivity index (χ4v) is 3.83. The van der Waals surface area contributed by atoms with Gasteiger partial charge in [-0.3, -0.25) is 0 Å². The average Bonchev–Trinajstić information content (AvgIpc) is 3.01. The molecular formula is C16H27N3O2S. The monoisotopic (exact) mass is 325 g/mol. The van der Waals surface area contributed by atoms with Crippen molar-refractivity contribution in [1.82, 2.24) is 15.6 Å². The normalized spacial score (nSPS) is 17.2. The lowest BCUT2D eigenvalue weighted by molar-refractivity contribution is 0.196. The number of carbonyl (C=O) groups excluding carboxylic acids is 1. The summed E-state index contributed by atoms with van der Waals surface area (Å²) in [5.74, 6) is 0.498. The molecule has 0 radical (unpaired) electrons. The van der Waals surface area contributed by atoms with Crippen LogP contribution in [-0.2, 0) is 13.0 Å². The Bertz CT molecular complexity index is 458. The zero-order chi connectivity index (χ0) is 15.8. The van der Waals surface area contributed by atoms with E-state index in [1.54, 1.807) is 11.3 Å². The smallest absolute Gasteiger partial charge is 0.315 e. The molecule has 2 amide bonds. The Morgan fingerprint density at radius 3 is 2.86 bits per heavy atom. The van der Waals surface area contributed by atoms with Crippen molar-refractivity contribution in [3.63, 3.8) is 0 Å². The maximum Gasteiger partial charge on any atom is 0.315 e. The number of aryl methyl sites for hydroxylation is 1. The predicted octanol–water partition coefficient (Wildman–Crippen LogP) is 2.84. The van der Waals surface area contributed by atoms with Gasteiger partial charge in [0.1, 0.15) is 0 Å². The molecule has 0 saturated heterocycles. The minimum absolute atomic E-state index is 0.0759. The molecule has 1 aromatic rings. The Hall–Kier alpha value is -1.14. The second-order valence-electron chi connectivity index (χ2n) is 5.93. The van der Waals surface area contributed by atoms with E-state index in [0.29, 0.717) is 18.9 Å². The summed E-state index contributed by atoms with van der Waals surface area (Å²) in [7, 11) is 0. The van der Waals surface area contributed by atoms with Gasteiger partial charge in [0.25, 0.3) is 0 Å². The molecule has 0 aliphatic heterocycles. The number of rotatable bonds is 7. The molecule has 0 spiro atoms. The van der Waals surface area contributed by atoms with Crippen LogP contribution in [0.15, 0.2) is 5.38 Å². The summed E-state index contributed by atoms with van der Waals surface area (Å²) in [4.78, 5) is 16.5. The number of aromatic nitrogens is 1. The lowest BCUT2D eigenvalue weighted by atomic mass is 9.83. The molecule has 5 nitrogen and oxygen atoms in total. The molecule has 124 valence electrons. The van der Waals surface area contributed by atoms with Crippen LogP contribution in [0.1, 0.15) is 56.2 Å². The van der Waals surface area contributed by atoms with Gasteiger partial charge in [0.15, 0.2) is 0 Å². The first-order valence-corrected chi connectivity index (χ1v) is 9.19. The van der Waals surface area contributed by atoms with Gasteiger partial charge in [-0.05, 0) is 31.6 Å². The number of aliphatic hydroxyl groups is 1. The highest BCUT2D eigenvalue weighted by atomic mass is 32.1. The molecule has 0 aromatic carbocycles. The number of hydrogen-bond donors (Lipinski definition) is 3. The fourth-order valence-electron chi connectivity index (χ4n) is 3.08. The number of amides is 2. The molecule has 1 aliphatic carbocycles. The van der Waals surface area contributed by atoms with Crippen LogP contribution in [0.25, 0.3) is 0 Å². The van der Waals surface area contributed by atoms with Crippen molar-refractivity contribution in [2.75, 3.05) is 6.61 Å². The van der Waals surface area contributed by atoms with E-state index in [1.807, 2.05) is 5.38 Å². The summed E-state index contributed by atoms with van der Waals surface area (Å²) in [5, 5.41) is 18.2. The summed E-state index contributed by atoms with van der Waals surface area (Å²) >= 11 is 1.63. The van der Waals surface area contributed by atoms with Crippen molar-refractivity contribution in [3.8, 4) is 0 Å². The van der Waals surface area contributed by atoms with Crippen LogP contribution in [0.2, 0.25) is 0 Å². The maximum atomic E-state index is 12.1. The van der Waals surface area contributed by atoms with E-state index in [9.17, 15) is 9.90 Å². The van der Waals surface area contributed by atoms with Gasteiger partial charge in [0, 0.05) is 18.0 Å². The van der Waals surface area contributed by atoms with Gasteiger partial charge in [-0.2, -0.15) is 0 Å². The van der Waals surface area contributed by atoms with Gasteiger partial charge in [0.2, 0.25) is 0 Å². The molecule has 3 N–H and O–H groups in total. The molecule has 1 fully saturated rings. The molecule has 1 saturated carbocycles. The molecule has 1 unspecified atom stereocenters. The third-order valence-corrected chi connectivity index (χ3v) is 5.35. The summed E-state index contributed by atoms with van der Waals surface area (Å²) in [5.41, 5.74) is 0.911. The Morgan fingerprint density at radius 2 is 2.23 bits per heavy atom. The van der Waals surface area contributed by atoms with Crippen molar-refractivity contribution in [2.24, 2.45) is 5.92 Å². The van der Waals surface area contributed by atoms with Crippen molar-refractivity contribution < 1.29 is 9.90 Å². The number of nitrogens with one attached hydrogen (secondary N) is 2. The Kier molecular flexibility index (Phi) is 7.12. The van der Waals surface area contributed by atoms with Crippen LogP contribution in [0.3, 0.4) is 0 Å².